The van der Waals surface area contributed by atoms with Gasteiger partial charge in [0.05, 0.1) is 18.6 Å². The predicted octanol–water partition coefficient (Wildman–Crippen LogP) is 4.00. The highest BCUT2D eigenvalue weighted by atomic mass is 16.5. The number of rotatable bonds is 7. The van der Waals surface area contributed by atoms with Crippen LogP contribution < -0.4 is 20.4 Å². The molecular weight excluding hydrogens is 434 g/mol. The average molecular weight is 466 g/mol. The molecule has 0 spiro atoms. The van der Waals surface area contributed by atoms with E-state index in [1.54, 1.807) is 19.2 Å². The number of fused-ring (bicyclic) bond motifs is 3. The van der Waals surface area contributed by atoms with Crippen LogP contribution >= 0.6 is 0 Å². The van der Waals surface area contributed by atoms with Crippen LogP contribution in [0.4, 0.5) is 0 Å². The first-order chi connectivity index (χ1) is 16.2. The van der Waals surface area contributed by atoms with Crippen LogP contribution in [0.2, 0.25) is 0 Å². The van der Waals surface area contributed by atoms with E-state index in [-0.39, 0.29) is 30.9 Å². The van der Waals surface area contributed by atoms with Crippen molar-refractivity contribution in [2.24, 2.45) is 0 Å². The molecule has 0 saturated heterocycles. The molecule has 1 aromatic heterocycles. The van der Waals surface area contributed by atoms with Gasteiger partial charge in [0.1, 0.15) is 22.7 Å². The van der Waals surface area contributed by atoms with Crippen molar-refractivity contribution in [1.29, 1.82) is 0 Å². The van der Waals surface area contributed by atoms with E-state index in [4.69, 9.17) is 13.9 Å². The quantitative estimate of drug-likeness (QED) is 0.512. The molecule has 1 atom stereocenters. The molecule has 0 radical (unpaired) electrons. The van der Waals surface area contributed by atoms with Crippen molar-refractivity contribution in [2.75, 3.05) is 13.7 Å². The van der Waals surface area contributed by atoms with Gasteiger partial charge in [-0.25, -0.2) is 4.79 Å². The minimum absolute atomic E-state index is 0.100. The third-order valence-corrected chi connectivity index (χ3v) is 6.44. The maximum Gasteiger partial charge on any atom is 0.339 e. The summed E-state index contributed by atoms with van der Waals surface area (Å²) in [6, 6.07) is 11.0. The van der Waals surface area contributed by atoms with E-state index in [2.05, 4.69) is 5.32 Å². The summed E-state index contributed by atoms with van der Waals surface area (Å²) in [5.74, 6) is 0.999. The van der Waals surface area contributed by atoms with Crippen molar-refractivity contribution < 1.29 is 23.8 Å². The molecule has 0 unspecified atom stereocenters. The first-order valence-corrected chi connectivity index (χ1v) is 11.5. The van der Waals surface area contributed by atoms with Gasteiger partial charge in [-0.3, -0.25) is 4.79 Å². The Bertz CT molecular complexity index is 1260. The molecule has 7 nitrogen and oxygen atoms in total. The number of methoxy groups -OCH3 is 1. The third kappa shape index (κ3) is 4.80. The lowest BCUT2D eigenvalue weighted by Gasteiger charge is -2.33. The topological polar surface area (TPSA) is 98.0 Å². The van der Waals surface area contributed by atoms with Gasteiger partial charge in [0.25, 0.3) is 0 Å². The first-order valence-electron chi connectivity index (χ1n) is 11.5. The Morgan fingerprint density at radius 3 is 2.71 bits per heavy atom. The molecule has 4 rings (SSSR count). The molecular formula is C27H31NO6. The van der Waals surface area contributed by atoms with E-state index < -0.39 is 11.7 Å². The highest BCUT2D eigenvalue weighted by Gasteiger charge is 2.31. The number of nitrogens with one attached hydrogen (secondary N) is 1. The van der Waals surface area contributed by atoms with Crippen LogP contribution in [0.1, 0.15) is 55.0 Å². The summed E-state index contributed by atoms with van der Waals surface area (Å²) >= 11 is 0. The van der Waals surface area contributed by atoms with Crippen LogP contribution in [-0.2, 0) is 17.6 Å². The van der Waals surface area contributed by atoms with Gasteiger partial charge >= 0.3 is 5.63 Å². The normalized spacial score (nSPS) is 15.3. The zero-order chi connectivity index (χ0) is 24.5. The molecule has 0 aliphatic carbocycles. The second-order valence-corrected chi connectivity index (χ2v) is 9.35. The molecule has 7 heteroatoms. The second-order valence-electron chi connectivity index (χ2n) is 9.35. The molecule has 34 heavy (non-hydrogen) atoms. The average Bonchev–Trinajstić information content (AvgIpc) is 2.81. The monoisotopic (exact) mass is 465 g/mol. The van der Waals surface area contributed by atoms with E-state index in [1.165, 1.54) is 0 Å². The van der Waals surface area contributed by atoms with Crippen molar-refractivity contribution in [3.05, 3.63) is 69.1 Å². The van der Waals surface area contributed by atoms with Gasteiger partial charge in [-0.2, -0.15) is 0 Å². The van der Waals surface area contributed by atoms with Gasteiger partial charge in [0, 0.05) is 30.2 Å². The minimum Gasteiger partial charge on any atom is -0.496 e. The summed E-state index contributed by atoms with van der Waals surface area (Å²) in [7, 11) is 1.57. The maximum atomic E-state index is 12.9. The Labute approximate surface area is 198 Å². The summed E-state index contributed by atoms with van der Waals surface area (Å²) in [4.78, 5) is 25.3. The molecule has 1 amide bonds. The molecule has 2 heterocycles. The number of benzene rings is 2. The fraction of sp³-hybridized carbons (Fsp3) is 0.407. The van der Waals surface area contributed by atoms with Crippen LogP contribution in [0, 0.1) is 6.92 Å². The number of aliphatic hydroxyl groups is 1. The number of ether oxygens (including phenoxy) is 2. The second kappa shape index (κ2) is 9.50. The van der Waals surface area contributed by atoms with Crippen LogP contribution in [-0.4, -0.2) is 30.3 Å². The standard InChI is InChI=1S/C27H31NO6/c1-16-18(10-11-23(30)28-15-20(29)17-8-6-5-7-9-17)26(31)33-25-19-12-13-27(2,3)34-21(19)14-22(32-4)24(16)25/h5-9,14,20,29H,10-13,15H2,1-4H3,(H,28,30)/t20-/m1/s1. The lowest BCUT2D eigenvalue weighted by atomic mass is 9.91. The predicted molar refractivity (Wildman–Crippen MR) is 130 cm³/mol. The summed E-state index contributed by atoms with van der Waals surface area (Å²) in [6.07, 6.45) is 1.07. The fourth-order valence-electron chi connectivity index (χ4n) is 4.46. The fourth-order valence-corrected chi connectivity index (χ4v) is 4.46. The van der Waals surface area contributed by atoms with Crippen LogP contribution in [0.15, 0.2) is 45.6 Å². The smallest absolute Gasteiger partial charge is 0.339 e. The maximum absolute atomic E-state index is 12.9. The van der Waals surface area contributed by atoms with E-state index in [0.29, 0.717) is 22.6 Å². The number of hydrogen-bond acceptors (Lipinski definition) is 6. The molecule has 2 aromatic carbocycles. The van der Waals surface area contributed by atoms with Crippen LogP contribution in [0.5, 0.6) is 11.5 Å². The van der Waals surface area contributed by atoms with Crippen LogP contribution in [0.3, 0.4) is 0 Å². The van der Waals surface area contributed by atoms with Crippen molar-refractivity contribution in [2.45, 2.75) is 58.2 Å². The van der Waals surface area contributed by atoms with Crippen LogP contribution in [0.25, 0.3) is 11.0 Å². The van der Waals surface area contributed by atoms with Crippen molar-refractivity contribution in [3.8, 4) is 11.5 Å². The SMILES string of the molecule is COc1cc2c(c3oc(=O)c(CCC(=O)NC[C@@H](O)c4ccccc4)c(C)c13)CCC(C)(C)O2. The first kappa shape index (κ1) is 23.8. The molecule has 180 valence electrons. The lowest BCUT2D eigenvalue weighted by molar-refractivity contribution is -0.121. The zero-order valence-electron chi connectivity index (χ0n) is 20.1. The summed E-state index contributed by atoms with van der Waals surface area (Å²) in [5, 5.41) is 13.7. The van der Waals surface area contributed by atoms with E-state index in [0.717, 1.165) is 34.9 Å². The number of amides is 1. The zero-order valence-corrected chi connectivity index (χ0v) is 20.1. The van der Waals surface area contributed by atoms with E-state index in [9.17, 15) is 14.7 Å². The Kier molecular flexibility index (Phi) is 6.66. The number of hydrogen-bond donors (Lipinski definition) is 2. The molecule has 3 aromatic rings. The Balaban J connectivity index is 1.54. The number of aliphatic hydroxyl groups excluding tert-OH is 1. The largest absolute Gasteiger partial charge is 0.496 e. The van der Waals surface area contributed by atoms with Gasteiger partial charge in [-0.05, 0) is 51.2 Å². The molecule has 0 fully saturated rings. The molecule has 1 aliphatic rings. The van der Waals surface area contributed by atoms with Crippen molar-refractivity contribution in [3.63, 3.8) is 0 Å². The van der Waals surface area contributed by atoms with E-state index in [1.807, 2.05) is 45.0 Å². The van der Waals surface area contributed by atoms with E-state index >= 15 is 0 Å². The molecule has 0 saturated carbocycles. The Morgan fingerprint density at radius 2 is 2.00 bits per heavy atom. The summed E-state index contributed by atoms with van der Waals surface area (Å²) in [6.45, 7) is 6.01. The summed E-state index contributed by atoms with van der Waals surface area (Å²) in [5.41, 5.74) is 2.53. The number of aryl methyl sites for hydroxylation is 2. The third-order valence-electron chi connectivity index (χ3n) is 6.44. The van der Waals surface area contributed by atoms with Gasteiger partial charge < -0.3 is 24.3 Å². The number of carbonyl (C=O) groups excluding carboxylic acids is 1. The van der Waals surface area contributed by atoms with Gasteiger partial charge in [-0.15, -0.1) is 0 Å². The molecule has 0 bridgehead atoms. The summed E-state index contributed by atoms with van der Waals surface area (Å²) < 4.78 is 17.5. The highest BCUT2D eigenvalue weighted by Crippen LogP contribution is 2.43. The van der Waals surface area contributed by atoms with Gasteiger partial charge in [0.2, 0.25) is 5.91 Å². The molecule has 1 aliphatic heterocycles. The molecule has 2 N–H and O–H groups in total. The van der Waals surface area contributed by atoms with Crippen molar-refractivity contribution >= 4 is 16.9 Å². The Morgan fingerprint density at radius 1 is 1.26 bits per heavy atom. The lowest BCUT2D eigenvalue weighted by Crippen LogP contribution is -2.32. The Hall–Kier alpha value is -3.32. The van der Waals surface area contributed by atoms with Crippen molar-refractivity contribution in [1.82, 2.24) is 5.32 Å². The minimum atomic E-state index is -0.791. The van der Waals surface area contributed by atoms with Gasteiger partial charge in [-0.1, -0.05) is 30.3 Å². The highest BCUT2D eigenvalue weighted by molar-refractivity contribution is 5.92. The number of carbonyl (C=O) groups is 1. The van der Waals surface area contributed by atoms with Gasteiger partial charge in [0.15, 0.2) is 0 Å².